The maximum atomic E-state index is 14.1. The molecule has 4 aromatic heterocycles. The van der Waals surface area contributed by atoms with Gasteiger partial charge < -0.3 is 61.3 Å². The molecule has 8 aromatic rings. The van der Waals surface area contributed by atoms with E-state index >= 15 is 0 Å². The number of hydrogen-bond donors (Lipinski definition) is 8. The van der Waals surface area contributed by atoms with Crippen molar-refractivity contribution < 1.29 is 93.9 Å². The number of carbonyl (C=O) groups excluding carboxylic acids is 8. The molecule has 0 fully saturated rings. The zero-order valence-corrected chi connectivity index (χ0v) is 73.0. The number of hydrogen-bond acceptors (Lipinski definition) is 20. The second kappa shape index (κ2) is 38.5. The highest BCUT2D eigenvalue weighted by atomic mass is 19.2. The van der Waals surface area contributed by atoms with Crippen molar-refractivity contribution >= 4 is 47.3 Å². The molecule has 0 saturated carbocycles. The van der Waals surface area contributed by atoms with Gasteiger partial charge in [0.1, 0.15) is 95.5 Å². The van der Waals surface area contributed by atoms with Crippen LogP contribution in [0.2, 0.25) is 0 Å². The van der Waals surface area contributed by atoms with E-state index in [1.165, 1.54) is 90.8 Å². The smallest absolute Gasteiger partial charge is 0.278 e. The Labute approximate surface area is 750 Å². The maximum absolute atomic E-state index is 14.1. The van der Waals surface area contributed by atoms with E-state index in [9.17, 15) is 113 Å². The molecular weight excluding hydrogens is 1740 g/mol. The van der Waals surface area contributed by atoms with Gasteiger partial charge in [0.2, 0.25) is 21.7 Å². The number of aromatic nitrogens is 4. The Morgan fingerprint density at radius 2 is 0.500 bits per heavy atom. The molecule has 8 aliphatic heterocycles. The lowest BCUT2D eigenvalue weighted by Crippen LogP contribution is -2.59. The molecule has 8 atom stereocenters. The van der Waals surface area contributed by atoms with E-state index < -0.39 is 187 Å². The highest BCUT2D eigenvalue weighted by Crippen LogP contribution is 2.33. The van der Waals surface area contributed by atoms with Crippen molar-refractivity contribution in [1.29, 1.82) is 0 Å². The summed E-state index contributed by atoms with van der Waals surface area (Å²) in [5.74, 6) is -15.8. The first-order chi connectivity index (χ1) is 61.9. The number of nitrogens with one attached hydrogen (secondary N) is 4. The molecule has 12 heterocycles. The van der Waals surface area contributed by atoms with Crippen LogP contribution in [-0.4, -0.2) is 181 Å². The number of fused-ring (bicyclic) bond motifs is 16. The van der Waals surface area contributed by atoms with Gasteiger partial charge in [-0.2, -0.15) is 0 Å². The number of nitrogens with zero attached hydrogens (tertiary/aromatic N) is 12. The fourth-order valence-corrected chi connectivity index (χ4v) is 16.2. The van der Waals surface area contributed by atoms with E-state index in [2.05, 4.69) is 21.3 Å². The molecule has 0 unspecified atom stereocenters. The largest absolute Gasteiger partial charge is 0.502 e. The number of carbonyl (C=O) groups is 8. The minimum atomic E-state index is -1.04. The monoisotopic (exact) mass is 1830 g/mol. The van der Waals surface area contributed by atoms with Gasteiger partial charge in [-0.15, -0.1) is 0 Å². The number of benzene rings is 4. The summed E-state index contributed by atoms with van der Waals surface area (Å²) in [6.45, 7) is 19.9. The van der Waals surface area contributed by atoms with Gasteiger partial charge in [0.15, 0.2) is 45.8 Å². The number of pyridine rings is 4. The fraction of sp³-hybridized carbons (Fsp3) is 0.348. The van der Waals surface area contributed by atoms with Crippen molar-refractivity contribution in [2.24, 2.45) is 0 Å². The van der Waals surface area contributed by atoms with Crippen LogP contribution in [0.1, 0.15) is 210 Å². The number of aryl methyl sites for hydroxylation is 4. The van der Waals surface area contributed by atoms with Crippen LogP contribution >= 0.6 is 0 Å². The molecule has 8 N–H and O–H groups in total. The van der Waals surface area contributed by atoms with Crippen molar-refractivity contribution in [3.63, 3.8) is 0 Å². The van der Waals surface area contributed by atoms with Gasteiger partial charge in [-0.1, -0.05) is 56.0 Å². The Balaban J connectivity index is 0.000000158. The Bertz CT molecular complexity index is 5920. The van der Waals surface area contributed by atoms with Crippen molar-refractivity contribution in [1.82, 2.24) is 59.6 Å². The van der Waals surface area contributed by atoms with E-state index in [1.54, 1.807) is 20.0 Å². The third-order valence-electron chi connectivity index (χ3n) is 23.9. The molecule has 8 aliphatic rings. The lowest BCUT2D eigenvalue weighted by Gasteiger charge is -2.45. The number of halogens is 8. The van der Waals surface area contributed by atoms with E-state index in [4.69, 9.17) is 0 Å². The summed E-state index contributed by atoms with van der Waals surface area (Å²) in [7, 11) is 0. The highest BCUT2D eigenvalue weighted by molar-refractivity contribution is 6.03. The highest BCUT2D eigenvalue weighted by Gasteiger charge is 2.44. The van der Waals surface area contributed by atoms with E-state index in [-0.39, 0.29) is 127 Å². The van der Waals surface area contributed by atoms with Crippen LogP contribution < -0.4 is 63.0 Å². The molecule has 8 bridgehead atoms. The second-order valence-corrected chi connectivity index (χ2v) is 33.3. The number of aromatic hydroxyl groups is 4. The van der Waals surface area contributed by atoms with Crippen LogP contribution in [0.4, 0.5) is 35.1 Å². The quantitative estimate of drug-likeness (QED) is 0.0418. The predicted molar refractivity (Wildman–Crippen MR) is 468 cm³/mol. The molecule has 16 rings (SSSR count). The van der Waals surface area contributed by atoms with Gasteiger partial charge >= 0.3 is 0 Å². The first-order valence-corrected chi connectivity index (χ1v) is 41.7. The van der Waals surface area contributed by atoms with Gasteiger partial charge in [0, 0.05) is 116 Å². The summed E-state index contributed by atoms with van der Waals surface area (Å²) < 4.78 is 118. The Morgan fingerprint density at radius 1 is 0.311 bits per heavy atom. The summed E-state index contributed by atoms with van der Waals surface area (Å²) in [6, 6.07) is 7.55. The summed E-state index contributed by atoms with van der Waals surface area (Å²) in [6.07, 6.45) is 21.9. The zero-order valence-electron chi connectivity index (χ0n) is 73.0. The minimum Gasteiger partial charge on any atom is -0.502 e. The molecular formula is C92H98F8N16O16. The SMILES string of the molecule is C.Cc1cc(F)c(CNC(=O)c2cn3c(c(O)c2=O)C(=O)N2CN3[C@@H](C)C/C=C\[C@@H]2C)c(F)c1.Cc1cc(F)c(CNC(=O)c2cn3c(c(O)c2=O)C(=O)N2CN3[C@@H](C)C/C=C\[C@@H]2C)c(F)c1.Cc1cc(F)c(CNC(=O)c2cn3c(c(O)c2=O)C(=O)N2CN3[C@H](C)C/C=C\[C@H]2C)c(F)c1.Cc1cc(F)c(CNC(=O)c2cn3c(c(O)c2=O)C(=O)N2CN3[C@H](C)C=C[C@@H]2C)c(F)c1. The lowest BCUT2D eigenvalue weighted by atomic mass is 10.1. The third kappa shape index (κ3) is 18.6. The van der Waals surface area contributed by atoms with Crippen LogP contribution in [0.3, 0.4) is 0 Å². The predicted octanol–water partition coefficient (Wildman–Crippen LogP) is 8.88. The molecule has 698 valence electrons. The summed E-state index contributed by atoms with van der Waals surface area (Å²) in [5.41, 5.74) is -6.67. The van der Waals surface area contributed by atoms with Gasteiger partial charge in [-0.3, -0.25) is 96.3 Å². The molecule has 8 amide bonds. The number of amides is 8. The molecule has 0 radical (unpaired) electrons. The normalized spacial score (nSPS) is 20.3. The molecule has 0 aliphatic carbocycles. The molecule has 0 saturated heterocycles. The standard InChI is InChI=1S/3C23H24F2N4O4.C22H22F2N4O4.CH4/c3*1-12-7-17(24)15(18(25)8-12)9-26-22(32)16-10-28-19(21(31)20(16)30)23(33)27-11-29(28)14(3)6-4-5-13(27)2;1-11-6-16(23)14(17(24)7-11)8-25-21(31)15-9-27-18(20(30)19(15)29)22(32)26-10-28(27)13(3)5-4-12(26)2;/h3*4-5,7-8,10,13-14,31H,6,9,11H2,1-3H3,(H,26,32);4-7,9,12-13,30H,8,10H2,1-3H3,(H,25,31);1H4/b3*5-4-;;/t3*13-,14-;12-,13+;/m1000./s1. The van der Waals surface area contributed by atoms with E-state index in [0.717, 1.165) is 48.5 Å². The van der Waals surface area contributed by atoms with Crippen molar-refractivity contribution in [3.05, 3.63) is 299 Å². The third-order valence-corrected chi connectivity index (χ3v) is 23.9. The minimum absolute atomic E-state index is 0. The van der Waals surface area contributed by atoms with Crippen molar-refractivity contribution in [2.45, 2.75) is 184 Å². The summed E-state index contributed by atoms with van der Waals surface area (Å²) in [5, 5.41) is 58.7. The maximum Gasteiger partial charge on any atom is 0.278 e. The van der Waals surface area contributed by atoms with Gasteiger partial charge in [-0.05, 0) is 173 Å². The molecule has 0 spiro atoms. The summed E-state index contributed by atoms with van der Waals surface area (Å²) >= 11 is 0. The molecule has 132 heavy (non-hydrogen) atoms. The zero-order chi connectivity index (χ0) is 95.4. The van der Waals surface area contributed by atoms with Crippen molar-refractivity contribution in [3.8, 4) is 23.0 Å². The van der Waals surface area contributed by atoms with Crippen LogP contribution in [0.15, 0.2) is 141 Å². The first kappa shape index (κ1) is 96.3. The van der Waals surface area contributed by atoms with Gasteiger partial charge in [0.25, 0.3) is 47.3 Å². The van der Waals surface area contributed by atoms with Gasteiger partial charge in [0.05, 0.1) is 6.04 Å². The average Bonchev–Trinajstić information content (AvgIpc) is 1.31. The van der Waals surface area contributed by atoms with Crippen LogP contribution in [0, 0.1) is 74.2 Å². The average molecular weight is 1840 g/mol. The Hall–Kier alpha value is -14.8. The van der Waals surface area contributed by atoms with Crippen molar-refractivity contribution in [2.75, 3.05) is 46.7 Å². The van der Waals surface area contributed by atoms with Crippen LogP contribution in [0.25, 0.3) is 0 Å². The van der Waals surface area contributed by atoms with E-state index in [0.29, 0.717) is 41.5 Å². The molecule has 40 heteroatoms. The summed E-state index contributed by atoms with van der Waals surface area (Å²) in [4.78, 5) is 160. The van der Waals surface area contributed by atoms with Crippen LogP contribution in [-0.2, 0) is 26.2 Å². The Kier molecular flexibility index (Phi) is 28.1. The van der Waals surface area contributed by atoms with Crippen LogP contribution in [0.5, 0.6) is 23.0 Å². The van der Waals surface area contributed by atoms with E-state index in [1.807, 2.05) is 104 Å². The first-order valence-electron chi connectivity index (χ1n) is 41.7. The second-order valence-electron chi connectivity index (χ2n) is 33.3. The Morgan fingerprint density at radius 3 is 0.720 bits per heavy atom. The lowest BCUT2D eigenvalue weighted by molar-refractivity contribution is 0.0627. The molecule has 32 nitrogen and oxygen atoms in total. The topological polar surface area (TPSA) is 380 Å². The van der Waals surface area contributed by atoms with Gasteiger partial charge in [-0.25, -0.2) is 35.1 Å². The fourth-order valence-electron chi connectivity index (χ4n) is 16.2. The number of rotatable bonds is 12. The molecule has 4 aromatic carbocycles.